The Bertz CT molecular complexity index is 1530. The van der Waals surface area contributed by atoms with E-state index < -0.39 is 17.7 Å². The molecule has 0 aliphatic carbocycles. The first-order valence-corrected chi connectivity index (χ1v) is 12.7. The smallest absolute Gasteiger partial charge is 0.300 e. The molecule has 5 rings (SSSR count). The van der Waals surface area contributed by atoms with Gasteiger partial charge < -0.3 is 14.7 Å². The monoisotopic (exact) mass is 506 g/mol. The van der Waals surface area contributed by atoms with Crippen LogP contribution in [0, 0.1) is 0 Å². The first-order valence-electron chi connectivity index (χ1n) is 12.7. The third-order valence-electron chi connectivity index (χ3n) is 6.78. The van der Waals surface area contributed by atoms with Gasteiger partial charge in [0.1, 0.15) is 11.5 Å². The predicted octanol–water partition coefficient (Wildman–Crippen LogP) is 6.32. The molecule has 1 amide bonds. The molecular weight excluding hydrogens is 476 g/mol. The number of rotatable bonds is 7. The molecule has 192 valence electrons. The number of benzene rings is 4. The van der Waals surface area contributed by atoms with Crippen molar-refractivity contribution in [3.8, 4) is 5.75 Å². The highest BCUT2D eigenvalue weighted by Gasteiger charge is 2.47. The van der Waals surface area contributed by atoms with Crippen LogP contribution < -0.4 is 14.5 Å². The fourth-order valence-electron chi connectivity index (χ4n) is 4.89. The SMILES string of the molecule is CCCOc1cccc(N2C(=O)C(=O)/C(=C(\O)c3cccc4ccccc34)C2c2ccc(N(C)C)cc2)c1. The minimum atomic E-state index is -0.813. The Balaban J connectivity index is 1.71. The van der Waals surface area contributed by atoms with Crippen molar-refractivity contribution in [3.05, 3.63) is 108 Å². The lowest BCUT2D eigenvalue weighted by Gasteiger charge is -2.26. The number of Topliss-reactive ketones (excluding diaryl/α,β-unsaturated/α-hetero) is 1. The summed E-state index contributed by atoms with van der Waals surface area (Å²) in [6, 6.07) is 27.2. The van der Waals surface area contributed by atoms with Crippen molar-refractivity contribution in [2.75, 3.05) is 30.5 Å². The number of hydrogen-bond donors (Lipinski definition) is 1. The number of fused-ring (bicyclic) bond motifs is 1. The molecule has 0 spiro atoms. The van der Waals surface area contributed by atoms with Crippen molar-refractivity contribution >= 4 is 39.6 Å². The molecule has 1 fully saturated rings. The summed E-state index contributed by atoms with van der Waals surface area (Å²) in [6.45, 7) is 2.56. The number of carbonyl (C=O) groups is 2. The molecule has 1 aliphatic rings. The zero-order valence-electron chi connectivity index (χ0n) is 21.7. The lowest BCUT2D eigenvalue weighted by Crippen LogP contribution is -2.29. The summed E-state index contributed by atoms with van der Waals surface area (Å²) < 4.78 is 5.80. The molecule has 0 radical (unpaired) electrons. The van der Waals surface area contributed by atoms with Crippen molar-refractivity contribution in [1.29, 1.82) is 0 Å². The fourth-order valence-corrected chi connectivity index (χ4v) is 4.89. The Labute approximate surface area is 222 Å². The number of carbonyl (C=O) groups excluding carboxylic acids is 2. The zero-order valence-corrected chi connectivity index (χ0v) is 21.7. The maximum Gasteiger partial charge on any atom is 0.300 e. The van der Waals surface area contributed by atoms with Crippen molar-refractivity contribution < 1.29 is 19.4 Å². The van der Waals surface area contributed by atoms with Gasteiger partial charge in [-0.25, -0.2) is 0 Å². The average molecular weight is 507 g/mol. The Morgan fingerprint density at radius 1 is 0.921 bits per heavy atom. The normalized spacial score (nSPS) is 16.7. The largest absolute Gasteiger partial charge is 0.507 e. The van der Waals surface area contributed by atoms with Gasteiger partial charge in [-0.3, -0.25) is 14.5 Å². The highest BCUT2D eigenvalue weighted by atomic mass is 16.5. The molecule has 0 saturated carbocycles. The van der Waals surface area contributed by atoms with Crippen LogP contribution in [0.15, 0.2) is 96.6 Å². The van der Waals surface area contributed by atoms with E-state index in [9.17, 15) is 14.7 Å². The second kappa shape index (κ2) is 10.4. The Morgan fingerprint density at radius 2 is 1.63 bits per heavy atom. The van der Waals surface area contributed by atoms with Gasteiger partial charge in [0.2, 0.25) is 0 Å². The van der Waals surface area contributed by atoms with E-state index in [1.165, 1.54) is 4.90 Å². The van der Waals surface area contributed by atoms with Gasteiger partial charge in [-0.05, 0) is 47.0 Å². The molecular formula is C32H30N2O4. The number of anilines is 2. The van der Waals surface area contributed by atoms with Crippen molar-refractivity contribution in [2.45, 2.75) is 19.4 Å². The Hall–Kier alpha value is -4.58. The van der Waals surface area contributed by atoms with E-state index in [2.05, 4.69) is 0 Å². The average Bonchev–Trinajstić information content (AvgIpc) is 3.21. The van der Waals surface area contributed by atoms with E-state index in [0.29, 0.717) is 23.6 Å². The number of aliphatic hydroxyl groups excluding tert-OH is 1. The standard InChI is InChI=1S/C32H30N2O4/c1-4-19-38-25-12-8-11-24(20-25)34-29(22-15-17-23(18-16-22)33(2)3)28(31(36)32(34)37)30(35)27-14-7-10-21-9-5-6-13-26(21)27/h5-18,20,29,35H,4,19H2,1-3H3/b30-28-. The van der Waals surface area contributed by atoms with Crippen LogP contribution in [0.5, 0.6) is 5.75 Å². The summed E-state index contributed by atoms with van der Waals surface area (Å²) in [5.41, 5.74) is 2.80. The molecule has 0 aromatic heterocycles. The molecule has 6 heteroatoms. The predicted molar refractivity (Wildman–Crippen MR) is 152 cm³/mol. The molecule has 1 aliphatic heterocycles. The summed E-state index contributed by atoms with van der Waals surface area (Å²) in [4.78, 5) is 30.6. The van der Waals surface area contributed by atoms with Gasteiger partial charge in [0.05, 0.1) is 18.2 Å². The maximum atomic E-state index is 13.6. The van der Waals surface area contributed by atoms with Crippen LogP contribution in [-0.2, 0) is 9.59 Å². The van der Waals surface area contributed by atoms with Crippen LogP contribution in [0.1, 0.15) is 30.5 Å². The molecule has 4 aromatic rings. The van der Waals surface area contributed by atoms with E-state index >= 15 is 0 Å². The van der Waals surface area contributed by atoms with Gasteiger partial charge in [0, 0.05) is 37.1 Å². The molecule has 38 heavy (non-hydrogen) atoms. The quantitative estimate of drug-likeness (QED) is 0.180. The number of nitrogens with zero attached hydrogens (tertiary/aromatic N) is 2. The molecule has 1 heterocycles. The lowest BCUT2D eigenvalue weighted by atomic mass is 9.93. The minimum Gasteiger partial charge on any atom is -0.507 e. The minimum absolute atomic E-state index is 0.0591. The molecule has 1 unspecified atom stereocenters. The lowest BCUT2D eigenvalue weighted by molar-refractivity contribution is -0.132. The van der Waals surface area contributed by atoms with Crippen LogP contribution >= 0.6 is 0 Å². The Kier molecular flexibility index (Phi) is 6.88. The second-order valence-electron chi connectivity index (χ2n) is 9.53. The van der Waals surface area contributed by atoms with Gasteiger partial charge in [0.15, 0.2) is 0 Å². The fraction of sp³-hybridized carbons (Fsp3) is 0.188. The topological polar surface area (TPSA) is 70.1 Å². The number of amides is 1. The highest BCUT2D eigenvalue weighted by Crippen LogP contribution is 2.43. The Morgan fingerprint density at radius 3 is 2.37 bits per heavy atom. The van der Waals surface area contributed by atoms with E-state index in [4.69, 9.17) is 4.74 Å². The number of ether oxygens (including phenoxy) is 1. The third-order valence-corrected chi connectivity index (χ3v) is 6.78. The van der Waals surface area contributed by atoms with Gasteiger partial charge in [-0.15, -0.1) is 0 Å². The molecule has 6 nitrogen and oxygen atoms in total. The van der Waals surface area contributed by atoms with E-state index in [-0.39, 0.29) is 11.3 Å². The van der Waals surface area contributed by atoms with Gasteiger partial charge in [0.25, 0.3) is 11.7 Å². The van der Waals surface area contributed by atoms with Crippen molar-refractivity contribution in [3.63, 3.8) is 0 Å². The summed E-state index contributed by atoms with van der Waals surface area (Å²) in [7, 11) is 3.90. The summed E-state index contributed by atoms with van der Waals surface area (Å²) >= 11 is 0. The van der Waals surface area contributed by atoms with Crippen LogP contribution in [0.3, 0.4) is 0 Å². The van der Waals surface area contributed by atoms with Crippen molar-refractivity contribution in [1.82, 2.24) is 0 Å². The maximum absolute atomic E-state index is 13.6. The number of ketones is 1. The molecule has 1 N–H and O–H groups in total. The van der Waals surface area contributed by atoms with Crippen molar-refractivity contribution in [2.24, 2.45) is 0 Å². The van der Waals surface area contributed by atoms with E-state index in [1.807, 2.05) is 92.6 Å². The van der Waals surface area contributed by atoms with Gasteiger partial charge in [-0.1, -0.05) is 67.6 Å². The van der Waals surface area contributed by atoms with Crippen LogP contribution in [0.4, 0.5) is 11.4 Å². The zero-order chi connectivity index (χ0) is 26.8. The van der Waals surface area contributed by atoms with Gasteiger partial charge in [-0.2, -0.15) is 0 Å². The second-order valence-corrected chi connectivity index (χ2v) is 9.53. The molecule has 1 atom stereocenters. The third kappa shape index (κ3) is 4.50. The van der Waals surface area contributed by atoms with E-state index in [1.54, 1.807) is 24.3 Å². The molecule has 4 aromatic carbocycles. The van der Waals surface area contributed by atoms with Gasteiger partial charge >= 0.3 is 0 Å². The molecule has 0 bridgehead atoms. The van der Waals surface area contributed by atoms with E-state index in [0.717, 1.165) is 28.4 Å². The summed E-state index contributed by atoms with van der Waals surface area (Å²) in [5, 5.41) is 13.4. The van der Waals surface area contributed by atoms with Crippen LogP contribution in [-0.4, -0.2) is 37.5 Å². The number of hydrogen-bond acceptors (Lipinski definition) is 5. The van der Waals surface area contributed by atoms with Crippen LogP contribution in [0.2, 0.25) is 0 Å². The first-order chi connectivity index (χ1) is 18.4. The molecule has 1 saturated heterocycles. The highest BCUT2D eigenvalue weighted by molar-refractivity contribution is 6.51. The summed E-state index contributed by atoms with van der Waals surface area (Å²) in [6.07, 6.45) is 0.845. The first kappa shape index (κ1) is 25.1. The summed E-state index contributed by atoms with van der Waals surface area (Å²) in [5.74, 6) is -0.997. The van der Waals surface area contributed by atoms with Crippen LogP contribution in [0.25, 0.3) is 16.5 Å². The number of aliphatic hydroxyl groups is 1.